The van der Waals surface area contributed by atoms with Crippen molar-refractivity contribution in [2.75, 3.05) is 5.32 Å². The van der Waals surface area contributed by atoms with E-state index >= 15 is 0 Å². The Balaban J connectivity index is 2.22. The van der Waals surface area contributed by atoms with E-state index < -0.39 is 5.97 Å². The second kappa shape index (κ2) is 5.94. The molecular formula is C14H9Cl2NO3. The minimum atomic E-state index is -1.08. The summed E-state index contributed by atoms with van der Waals surface area (Å²) >= 11 is 11.7. The normalized spacial score (nSPS) is 10.1. The molecule has 0 unspecified atom stereocenters. The van der Waals surface area contributed by atoms with Gasteiger partial charge in [-0.15, -0.1) is 0 Å². The molecule has 4 nitrogen and oxygen atoms in total. The van der Waals surface area contributed by atoms with Crippen molar-refractivity contribution in [2.45, 2.75) is 0 Å². The molecular weight excluding hydrogens is 301 g/mol. The molecule has 0 aliphatic rings. The highest BCUT2D eigenvalue weighted by molar-refractivity contribution is 6.34. The van der Waals surface area contributed by atoms with Crippen LogP contribution in [-0.4, -0.2) is 17.0 Å². The van der Waals surface area contributed by atoms with Gasteiger partial charge in [0.1, 0.15) is 0 Å². The zero-order valence-corrected chi connectivity index (χ0v) is 11.6. The van der Waals surface area contributed by atoms with Gasteiger partial charge in [-0.2, -0.15) is 0 Å². The maximum atomic E-state index is 12.0. The molecule has 0 radical (unpaired) electrons. The molecule has 0 bridgehead atoms. The third kappa shape index (κ3) is 3.29. The Morgan fingerprint density at radius 1 is 1.00 bits per heavy atom. The fraction of sp³-hybridized carbons (Fsp3) is 0. The Morgan fingerprint density at radius 2 is 1.75 bits per heavy atom. The van der Waals surface area contributed by atoms with Crippen LogP contribution < -0.4 is 5.32 Å². The van der Waals surface area contributed by atoms with Crippen LogP contribution in [0, 0.1) is 0 Å². The summed E-state index contributed by atoms with van der Waals surface area (Å²) in [5.74, 6) is -1.46. The SMILES string of the molecule is O=C(O)c1ccc(NC(=O)c2cccc(Cl)c2)c(Cl)c1. The molecule has 0 spiro atoms. The van der Waals surface area contributed by atoms with Crippen molar-refractivity contribution in [3.63, 3.8) is 0 Å². The van der Waals surface area contributed by atoms with E-state index in [0.717, 1.165) is 0 Å². The van der Waals surface area contributed by atoms with Gasteiger partial charge in [0.25, 0.3) is 5.91 Å². The number of benzene rings is 2. The summed E-state index contributed by atoms with van der Waals surface area (Å²) in [4.78, 5) is 22.8. The predicted octanol–water partition coefficient (Wildman–Crippen LogP) is 3.94. The van der Waals surface area contributed by atoms with E-state index in [4.69, 9.17) is 28.3 Å². The highest BCUT2D eigenvalue weighted by atomic mass is 35.5. The average Bonchev–Trinajstić information content (AvgIpc) is 2.40. The van der Waals surface area contributed by atoms with Gasteiger partial charge in [-0.25, -0.2) is 4.79 Å². The first kappa shape index (κ1) is 14.4. The van der Waals surface area contributed by atoms with E-state index in [1.54, 1.807) is 18.2 Å². The molecule has 0 atom stereocenters. The molecule has 0 saturated heterocycles. The van der Waals surface area contributed by atoms with Gasteiger partial charge in [-0.05, 0) is 36.4 Å². The number of hydrogen-bond acceptors (Lipinski definition) is 2. The molecule has 2 rings (SSSR count). The molecule has 6 heteroatoms. The van der Waals surface area contributed by atoms with E-state index in [9.17, 15) is 9.59 Å². The zero-order chi connectivity index (χ0) is 14.7. The number of carbonyl (C=O) groups is 2. The number of aromatic carboxylic acids is 1. The Morgan fingerprint density at radius 3 is 2.35 bits per heavy atom. The Bertz CT molecular complexity index is 686. The molecule has 102 valence electrons. The highest BCUT2D eigenvalue weighted by Crippen LogP contribution is 2.24. The van der Waals surface area contributed by atoms with Crippen molar-refractivity contribution in [2.24, 2.45) is 0 Å². The number of rotatable bonds is 3. The summed E-state index contributed by atoms with van der Waals surface area (Å²) in [6.45, 7) is 0. The molecule has 0 saturated carbocycles. The summed E-state index contributed by atoms with van der Waals surface area (Å²) in [5.41, 5.74) is 0.772. The third-order valence-electron chi connectivity index (χ3n) is 2.55. The van der Waals surface area contributed by atoms with Crippen LogP contribution in [0.15, 0.2) is 42.5 Å². The van der Waals surface area contributed by atoms with Gasteiger partial charge in [-0.1, -0.05) is 29.3 Å². The van der Waals surface area contributed by atoms with E-state index in [1.807, 2.05) is 0 Å². The molecule has 0 heterocycles. The number of carboxylic acids is 1. The molecule has 0 aliphatic heterocycles. The lowest BCUT2D eigenvalue weighted by molar-refractivity contribution is 0.0696. The monoisotopic (exact) mass is 309 g/mol. The minimum Gasteiger partial charge on any atom is -0.478 e. The number of carbonyl (C=O) groups excluding carboxylic acids is 1. The van der Waals surface area contributed by atoms with Crippen LogP contribution >= 0.6 is 23.2 Å². The van der Waals surface area contributed by atoms with Crippen LogP contribution in [0.1, 0.15) is 20.7 Å². The van der Waals surface area contributed by atoms with Gasteiger partial charge in [0.15, 0.2) is 0 Å². The number of halogens is 2. The van der Waals surface area contributed by atoms with Crippen molar-refractivity contribution < 1.29 is 14.7 Å². The maximum Gasteiger partial charge on any atom is 0.335 e. The maximum absolute atomic E-state index is 12.0. The number of hydrogen-bond donors (Lipinski definition) is 2. The molecule has 0 fully saturated rings. The number of nitrogens with one attached hydrogen (secondary N) is 1. The van der Waals surface area contributed by atoms with Crippen molar-refractivity contribution in [3.05, 3.63) is 63.6 Å². The second-order valence-electron chi connectivity index (χ2n) is 3.96. The summed E-state index contributed by atoms with van der Waals surface area (Å²) in [6, 6.07) is 10.5. The lowest BCUT2D eigenvalue weighted by atomic mass is 10.2. The molecule has 2 N–H and O–H groups in total. The average molecular weight is 310 g/mol. The number of amides is 1. The van der Waals surface area contributed by atoms with Gasteiger partial charge < -0.3 is 10.4 Å². The molecule has 2 aromatic carbocycles. The first-order chi connectivity index (χ1) is 9.47. The lowest BCUT2D eigenvalue weighted by Crippen LogP contribution is -2.12. The first-order valence-electron chi connectivity index (χ1n) is 5.57. The fourth-order valence-electron chi connectivity index (χ4n) is 1.57. The quantitative estimate of drug-likeness (QED) is 0.902. The molecule has 20 heavy (non-hydrogen) atoms. The van der Waals surface area contributed by atoms with Crippen LogP contribution in [0.25, 0.3) is 0 Å². The van der Waals surface area contributed by atoms with Crippen LogP contribution in [0.3, 0.4) is 0 Å². The molecule has 0 aromatic heterocycles. The summed E-state index contributed by atoms with van der Waals surface area (Å²) in [7, 11) is 0. The minimum absolute atomic E-state index is 0.0516. The zero-order valence-electron chi connectivity index (χ0n) is 10.1. The third-order valence-corrected chi connectivity index (χ3v) is 3.10. The van der Waals surface area contributed by atoms with Crippen LogP contribution in [-0.2, 0) is 0 Å². The number of anilines is 1. The van der Waals surface area contributed by atoms with Gasteiger partial charge in [0.2, 0.25) is 0 Å². The van der Waals surface area contributed by atoms with Crippen LogP contribution in [0.2, 0.25) is 10.0 Å². The fourth-order valence-corrected chi connectivity index (χ4v) is 1.99. The van der Waals surface area contributed by atoms with Gasteiger partial charge in [0.05, 0.1) is 16.3 Å². The topological polar surface area (TPSA) is 66.4 Å². The molecule has 1 amide bonds. The summed E-state index contributed by atoms with van der Waals surface area (Å²) in [6.07, 6.45) is 0. The highest BCUT2D eigenvalue weighted by Gasteiger charge is 2.11. The predicted molar refractivity (Wildman–Crippen MR) is 77.8 cm³/mol. The van der Waals surface area contributed by atoms with Gasteiger partial charge >= 0.3 is 5.97 Å². The van der Waals surface area contributed by atoms with Crippen molar-refractivity contribution in [1.29, 1.82) is 0 Å². The molecule has 2 aromatic rings. The van der Waals surface area contributed by atoms with E-state index in [0.29, 0.717) is 16.3 Å². The second-order valence-corrected chi connectivity index (χ2v) is 4.81. The summed E-state index contributed by atoms with van der Waals surface area (Å²) in [5, 5.41) is 12.0. The lowest BCUT2D eigenvalue weighted by Gasteiger charge is -2.08. The Kier molecular flexibility index (Phi) is 4.27. The van der Waals surface area contributed by atoms with Gasteiger partial charge in [0, 0.05) is 10.6 Å². The molecule has 0 aliphatic carbocycles. The van der Waals surface area contributed by atoms with Crippen LogP contribution in [0.5, 0.6) is 0 Å². The number of carboxylic acid groups (broad SMARTS) is 1. The Labute approximate surface area is 124 Å². The van der Waals surface area contributed by atoms with Crippen molar-refractivity contribution in [3.8, 4) is 0 Å². The standard InChI is InChI=1S/C14H9Cl2NO3/c15-10-3-1-2-8(6-10)13(18)17-12-5-4-9(14(19)20)7-11(12)16/h1-7H,(H,17,18)(H,19,20). The van der Waals surface area contributed by atoms with E-state index in [1.165, 1.54) is 24.3 Å². The smallest absolute Gasteiger partial charge is 0.335 e. The van der Waals surface area contributed by atoms with E-state index in [2.05, 4.69) is 5.32 Å². The van der Waals surface area contributed by atoms with Crippen molar-refractivity contribution >= 4 is 40.8 Å². The van der Waals surface area contributed by atoms with E-state index in [-0.39, 0.29) is 16.5 Å². The van der Waals surface area contributed by atoms with Crippen LogP contribution in [0.4, 0.5) is 5.69 Å². The van der Waals surface area contributed by atoms with Crippen molar-refractivity contribution in [1.82, 2.24) is 0 Å². The summed E-state index contributed by atoms with van der Waals surface area (Å²) < 4.78 is 0. The van der Waals surface area contributed by atoms with Gasteiger partial charge in [-0.3, -0.25) is 4.79 Å². The first-order valence-corrected chi connectivity index (χ1v) is 6.33. The Hall–Kier alpha value is -2.04. The largest absolute Gasteiger partial charge is 0.478 e.